The fraction of sp³-hybridized carbons (Fsp3) is 0.273. The normalized spacial score (nSPS) is 10.6. The molecule has 0 aliphatic carbocycles. The van der Waals surface area contributed by atoms with Gasteiger partial charge in [0.05, 0.1) is 26.3 Å². The Morgan fingerprint density at radius 1 is 1.14 bits per heavy atom. The first-order chi connectivity index (χ1) is 14.0. The van der Waals surface area contributed by atoms with Crippen molar-refractivity contribution in [1.82, 2.24) is 10.3 Å². The van der Waals surface area contributed by atoms with Gasteiger partial charge in [-0.05, 0) is 49.2 Å². The minimum atomic E-state index is -0.329. The number of hydrogen-bond donors (Lipinski definition) is 1. The van der Waals surface area contributed by atoms with E-state index in [1.165, 1.54) is 12.1 Å². The van der Waals surface area contributed by atoms with Crippen LogP contribution in [0, 0.1) is 12.7 Å². The highest BCUT2D eigenvalue weighted by Gasteiger charge is 2.15. The molecule has 0 atom stereocenters. The molecular formula is C22H23FN2O4. The first kappa shape index (κ1) is 20.4. The van der Waals surface area contributed by atoms with Gasteiger partial charge in [-0.1, -0.05) is 6.07 Å². The van der Waals surface area contributed by atoms with Crippen molar-refractivity contribution in [1.29, 1.82) is 0 Å². The Morgan fingerprint density at radius 3 is 2.59 bits per heavy atom. The van der Waals surface area contributed by atoms with Gasteiger partial charge in [0.15, 0.2) is 0 Å². The highest BCUT2D eigenvalue weighted by molar-refractivity contribution is 5.78. The number of hydrogen-bond acceptors (Lipinski definition) is 5. The van der Waals surface area contributed by atoms with Crippen LogP contribution < -0.4 is 14.8 Å². The summed E-state index contributed by atoms with van der Waals surface area (Å²) in [5.74, 6) is 1.89. The maximum absolute atomic E-state index is 13.1. The Morgan fingerprint density at radius 2 is 1.90 bits per heavy atom. The lowest BCUT2D eigenvalue weighted by Crippen LogP contribution is -2.27. The highest BCUT2D eigenvalue weighted by atomic mass is 19.1. The molecule has 1 N–H and O–H groups in total. The van der Waals surface area contributed by atoms with Crippen LogP contribution in [0.25, 0.3) is 11.5 Å². The van der Waals surface area contributed by atoms with Crippen molar-refractivity contribution in [3.63, 3.8) is 0 Å². The van der Waals surface area contributed by atoms with Gasteiger partial charge in [0.2, 0.25) is 11.8 Å². The van der Waals surface area contributed by atoms with Crippen LogP contribution in [0.15, 0.2) is 46.9 Å². The molecule has 0 radical (unpaired) electrons. The number of aromatic nitrogens is 1. The van der Waals surface area contributed by atoms with E-state index in [1.807, 2.05) is 18.2 Å². The zero-order valence-corrected chi connectivity index (χ0v) is 16.6. The lowest BCUT2D eigenvalue weighted by atomic mass is 10.1. The third-order valence-corrected chi connectivity index (χ3v) is 4.52. The van der Waals surface area contributed by atoms with Crippen molar-refractivity contribution in [3.05, 3.63) is 65.3 Å². The minimum Gasteiger partial charge on any atom is -0.497 e. The molecule has 29 heavy (non-hydrogen) atoms. The van der Waals surface area contributed by atoms with Crippen molar-refractivity contribution < 1.29 is 23.1 Å². The Kier molecular flexibility index (Phi) is 6.49. The minimum absolute atomic E-state index is 0.107. The van der Waals surface area contributed by atoms with Crippen LogP contribution in [0.2, 0.25) is 0 Å². The predicted octanol–water partition coefficient (Wildman–Crippen LogP) is 3.71. The number of aryl methyl sites for hydroxylation is 1. The molecule has 1 heterocycles. The lowest BCUT2D eigenvalue weighted by Gasteiger charge is -2.11. The standard InChI is InChI=1S/C22H23FN2O4/c1-14-19(25-22(29-14)16-4-7-17(23)8-5-16)13-21(26)24-11-10-15-6-9-18(27-2)12-20(15)28-3/h4-9,12H,10-11,13H2,1-3H3,(H,24,26). The number of benzene rings is 2. The summed E-state index contributed by atoms with van der Waals surface area (Å²) in [5, 5.41) is 2.89. The number of halogens is 1. The van der Waals surface area contributed by atoms with E-state index in [2.05, 4.69) is 10.3 Å². The molecule has 3 rings (SSSR count). The van der Waals surface area contributed by atoms with Crippen molar-refractivity contribution in [2.45, 2.75) is 19.8 Å². The van der Waals surface area contributed by atoms with Crippen molar-refractivity contribution >= 4 is 5.91 Å². The highest BCUT2D eigenvalue weighted by Crippen LogP contribution is 2.25. The van der Waals surface area contributed by atoms with Crippen LogP contribution in [0.3, 0.4) is 0 Å². The summed E-state index contributed by atoms with van der Waals surface area (Å²) in [7, 11) is 3.20. The van der Waals surface area contributed by atoms with Gasteiger partial charge in [0, 0.05) is 18.2 Å². The average Bonchev–Trinajstić information content (AvgIpc) is 3.08. The summed E-state index contributed by atoms with van der Waals surface area (Å²) in [6.45, 7) is 2.22. The summed E-state index contributed by atoms with van der Waals surface area (Å²) in [6, 6.07) is 11.5. The van der Waals surface area contributed by atoms with E-state index in [0.29, 0.717) is 41.6 Å². The van der Waals surface area contributed by atoms with Crippen LogP contribution in [0.5, 0.6) is 11.5 Å². The molecule has 2 aromatic carbocycles. The average molecular weight is 398 g/mol. The van der Waals surface area contributed by atoms with Crippen LogP contribution >= 0.6 is 0 Å². The van der Waals surface area contributed by atoms with E-state index in [1.54, 1.807) is 33.3 Å². The molecule has 0 saturated carbocycles. The van der Waals surface area contributed by atoms with E-state index in [4.69, 9.17) is 13.9 Å². The lowest BCUT2D eigenvalue weighted by molar-refractivity contribution is -0.120. The van der Waals surface area contributed by atoms with Gasteiger partial charge in [-0.15, -0.1) is 0 Å². The number of amides is 1. The Balaban J connectivity index is 1.57. The first-order valence-corrected chi connectivity index (χ1v) is 9.20. The Bertz CT molecular complexity index is 983. The summed E-state index contributed by atoms with van der Waals surface area (Å²) in [6.07, 6.45) is 0.730. The van der Waals surface area contributed by atoms with E-state index in [9.17, 15) is 9.18 Å². The van der Waals surface area contributed by atoms with Gasteiger partial charge >= 0.3 is 0 Å². The SMILES string of the molecule is COc1ccc(CCNC(=O)Cc2nc(-c3ccc(F)cc3)oc2C)c(OC)c1. The van der Waals surface area contributed by atoms with Gasteiger partial charge in [0.1, 0.15) is 23.1 Å². The first-order valence-electron chi connectivity index (χ1n) is 9.20. The number of methoxy groups -OCH3 is 2. The van der Waals surface area contributed by atoms with Crippen LogP contribution in [0.1, 0.15) is 17.0 Å². The van der Waals surface area contributed by atoms with Crippen molar-refractivity contribution in [2.24, 2.45) is 0 Å². The Labute approximate surface area is 168 Å². The molecule has 1 aromatic heterocycles. The van der Waals surface area contributed by atoms with E-state index in [0.717, 1.165) is 11.3 Å². The molecular weight excluding hydrogens is 375 g/mol. The van der Waals surface area contributed by atoms with Crippen molar-refractivity contribution in [3.8, 4) is 23.0 Å². The van der Waals surface area contributed by atoms with Crippen LogP contribution in [-0.4, -0.2) is 31.7 Å². The third-order valence-electron chi connectivity index (χ3n) is 4.52. The van der Waals surface area contributed by atoms with Gasteiger partial charge in [-0.25, -0.2) is 9.37 Å². The van der Waals surface area contributed by atoms with Gasteiger partial charge in [0.25, 0.3) is 0 Å². The number of carbonyl (C=O) groups excluding carboxylic acids is 1. The smallest absolute Gasteiger partial charge is 0.226 e. The maximum atomic E-state index is 13.1. The molecule has 1 amide bonds. The zero-order valence-electron chi connectivity index (χ0n) is 16.6. The number of rotatable bonds is 8. The number of oxazole rings is 1. The summed E-state index contributed by atoms with van der Waals surface area (Å²) < 4.78 is 29.3. The van der Waals surface area contributed by atoms with Gasteiger partial charge in [-0.3, -0.25) is 4.79 Å². The molecule has 0 spiro atoms. The van der Waals surface area contributed by atoms with Crippen molar-refractivity contribution in [2.75, 3.05) is 20.8 Å². The molecule has 0 saturated heterocycles. The number of ether oxygens (including phenoxy) is 2. The molecule has 3 aromatic rings. The predicted molar refractivity (Wildman–Crippen MR) is 107 cm³/mol. The third kappa shape index (κ3) is 5.13. The molecule has 152 valence electrons. The summed E-state index contributed by atoms with van der Waals surface area (Å²) in [4.78, 5) is 16.7. The molecule has 6 nitrogen and oxygen atoms in total. The Hall–Kier alpha value is -3.35. The quantitative estimate of drug-likeness (QED) is 0.626. The number of nitrogens with zero attached hydrogens (tertiary/aromatic N) is 1. The topological polar surface area (TPSA) is 73.6 Å². The monoisotopic (exact) mass is 398 g/mol. The molecule has 0 bridgehead atoms. The van der Waals surface area contributed by atoms with E-state index < -0.39 is 0 Å². The molecule has 0 aliphatic heterocycles. The zero-order chi connectivity index (χ0) is 20.8. The fourth-order valence-corrected chi connectivity index (χ4v) is 2.92. The molecule has 0 fully saturated rings. The van der Waals surface area contributed by atoms with E-state index in [-0.39, 0.29) is 18.1 Å². The second kappa shape index (κ2) is 9.23. The molecule has 7 heteroatoms. The summed E-state index contributed by atoms with van der Waals surface area (Å²) >= 11 is 0. The second-order valence-corrected chi connectivity index (χ2v) is 6.48. The van der Waals surface area contributed by atoms with E-state index >= 15 is 0 Å². The maximum Gasteiger partial charge on any atom is 0.226 e. The number of nitrogens with one attached hydrogen (secondary N) is 1. The second-order valence-electron chi connectivity index (χ2n) is 6.48. The number of carbonyl (C=O) groups is 1. The largest absolute Gasteiger partial charge is 0.497 e. The van der Waals surface area contributed by atoms with Gasteiger partial charge in [-0.2, -0.15) is 0 Å². The van der Waals surface area contributed by atoms with Crippen LogP contribution in [-0.2, 0) is 17.6 Å². The fourth-order valence-electron chi connectivity index (χ4n) is 2.92. The van der Waals surface area contributed by atoms with Crippen LogP contribution in [0.4, 0.5) is 4.39 Å². The summed E-state index contributed by atoms with van der Waals surface area (Å²) in [5.41, 5.74) is 2.20. The molecule has 0 aliphatic rings. The van der Waals surface area contributed by atoms with Gasteiger partial charge < -0.3 is 19.2 Å². The molecule has 0 unspecified atom stereocenters.